The van der Waals surface area contributed by atoms with Gasteiger partial charge in [-0.2, -0.15) is 0 Å². The van der Waals surface area contributed by atoms with Crippen LogP contribution >= 0.6 is 0 Å². The quantitative estimate of drug-likeness (QED) is 0.688. The molecule has 6 heteroatoms. The fourth-order valence-corrected chi connectivity index (χ4v) is 1.68. The molecular weight excluding hydrogens is 210 g/mol. The predicted molar refractivity (Wildman–Crippen MR) is 59.3 cm³/mol. The van der Waals surface area contributed by atoms with E-state index in [0.717, 1.165) is 6.54 Å². The minimum atomic E-state index is -1.03. The van der Waals surface area contributed by atoms with Crippen molar-refractivity contribution in [3.05, 3.63) is 0 Å². The Bertz CT molecular complexity index is 291. The summed E-state index contributed by atoms with van der Waals surface area (Å²) in [4.78, 5) is 25.8. The Hall–Kier alpha value is -1.30. The molecule has 0 bridgehead atoms. The normalized spacial score (nSPS) is 20.6. The van der Waals surface area contributed by atoms with E-state index in [1.54, 1.807) is 4.90 Å². The molecule has 2 N–H and O–H groups in total. The van der Waals surface area contributed by atoms with E-state index < -0.39 is 5.97 Å². The van der Waals surface area contributed by atoms with Crippen molar-refractivity contribution in [2.75, 3.05) is 33.2 Å². The number of urea groups is 1. The molecule has 0 aliphatic carbocycles. The van der Waals surface area contributed by atoms with Crippen LogP contribution in [0.3, 0.4) is 0 Å². The largest absolute Gasteiger partial charge is 0.480 e. The number of nitrogens with zero attached hydrogens (tertiary/aromatic N) is 2. The molecule has 1 heterocycles. The van der Waals surface area contributed by atoms with Gasteiger partial charge in [-0.3, -0.25) is 9.69 Å². The molecule has 1 saturated heterocycles. The molecule has 1 fully saturated rings. The Kier molecular flexibility index (Phi) is 3.74. The Morgan fingerprint density at radius 2 is 2.00 bits per heavy atom. The summed E-state index contributed by atoms with van der Waals surface area (Å²) in [7, 11) is 2.02. The van der Waals surface area contributed by atoms with Crippen LogP contribution in [0.5, 0.6) is 0 Å². The average molecular weight is 229 g/mol. The second kappa shape index (κ2) is 4.69. The molecule has 0 radical (unpaired) electrons. The number of hydrogen-bond acceptors (Lipinski definition) is 3. The zero-order valence-corrected chi connectivity index (χ0v) is 9.99. The summed E-state index contributed by atoms with van der Waals surface area (Å²) in [6.45, 7) is 5.83. The fourth-order valence-electron chi connectivity index (χ4n) is 1.68. The number of amides is 2. The van der Waals surface area contributed by atoms with Gasteiger partial charge < -0.3 is 15.3 Å². The highest BCUT2D eigenvalue weighted by molar-refractivity contribution is 5.80. The summed E-state index contributed by atoms with van der Waals surface area (Å²) < 4.78 is 0. The van der Waals surface area contributed by atoms with Crippen LogP contribution in [-0.2, 0) is 4.79 Å². The van der Waals surface area contributed by atoms with Crippen LogP contribution in [-0.4, -0.2) is 65.7 Å². The van der Waals surface area contributed by atoms with Gasteiger partial charge in [-0.05, 0) is 20.9 Å². The summed E-state index contributed by atoms with van der Waals surface area (Å²) in [6.07, 6.45) is 0. The molecular formula is C10H19N3O3. The van der Waals surface area contributed by atoms with Crippen LogP contribution in [0.15, 0.2) is 0 Å². The van der Waals surface area contributed by atoms with E-state index in [2.05, 4.69) is 24.1 Å². The monoisotopic (exact) mass is 229 g/mol. The Balaban J connectivity index is 2.49. The van der Waals surface area contributed by atoms with Crippen molar-refractivity contribution in [3.8, 4) is 0 Å². The molecule has 1 aliphatic heterocycles. The zero-order chi connectivity index (χ0) is 12.3. The van der Waals surface area contributed by atoms with Gasteiger partial charge in [-0.25, -0.2) is 4.79 Å². The number of aliphatic carboxylic acids is 1. The molecule has 1 aliphatic rings. The Morgan fingerprint density at radius 3 is 2.50 bits per heavy atom. The number of hydrogen-bond donors (Lipinski definition) is 2. The number of rotatable bonds is 2. The van der Waals surface area contributed by atoms with Gasteiger partial charge >= 0.3 is 12.0 Å². The highest BCUT2D eigenvalue weighted by atomic mass is 16.4. The molecule has 1 rings (SSSR count). The van der Waals surface area contributed by atoms with Crippen LogP contribution in [0.1, 0.15) is 13.8 Å². The van der Waals surface area contributed by atoms with E-state index in [4.69, 9.17) is 5.11 Å². The lowest BCUT2D eigenvalue weighted by atomic mass is 10.0. The molecule has 0 aromatic carbocycles. The number of piperazine rings is 1. The number of carboxylic acids is 1. The van der Waals surface area contributed by atoms with Crippen LogP contribution in [0, 0.1) is 0 Å². The van der Waals surface area contributed by atoms with Gasteiger partial charge in [-0.15, -0.1) is 0 Å². The van der Waals surface area contributed by atoms with E-state index in [0.29, 0.717) is 13.1 Å². The number of likely N-dealkylation sites (N-methyl/N-ethyl adjacent to an activating group) is 1. The van der Waals surface area contributed by atoms with E-state index >= 15 is 0 Å². The summed E-state index contributed by atoms with van der Waals surface area (Å²) in [5, 5.41) is 10.8. The Morgan fingerprint density at radius 1 is 1.38 bits per heavy atom. The maximum Gasteiger partial charge on any atom is 0.323 e. The lowest BCUT2D eigenvalue weighted by Crippen LogP contribution is -2.60. The molecule has 6 nitrogen and oxygen atoms in total. The number of nitrogens with one attached hydrogen (secondary N) is 1. The van der Waals surface area contributed by atoms with Gasteiger partial charge in [0.2, 0.25) is 0 Å². The molecule has 92 valence electrons. The first-order chi connectivity index (χ1) is 7.33. The van der Waals surface area contributed by atoms with E-state index in [-0.39, 0.29) is 18.1 Å². The lowest BCUT2D eigenvalue weighted by Gasteiger charge is -2.45. The minimum Gasteiger partial charge on any atom is -0.480 e. The van der Waals surface area contributed by atoms with Gasteiger partial charge in [0.1, 0.15) is 6.54 Å². The number of carboxylic acid groups (broad SMARTS) is 1. The van der Waals surface area contributed by atoms with E-state index in [9.17, 15) is 9.59 Å². The second-order valence-electron chi connectivity index (χ2n) is 4.71. The average Bonchev–Trinajstić information content (AvgIpc) is 2.18. The SMILES string of the molecule is CN1CCN(C(=O)NCC(=O)O)CC1(C)C. The molecule has 0 unspecified atom stereocenters. The third-order valence-electron chi connectivity index (χ3n) is 2.99. The maximum atomic E-state index is 11.6. The van der Waals surface area contributed by atoms with Crippen molar-refractivity contribution in [2.24, 2.45) is 0 Å². The molecule has 0 saturated carbocycles. The van der Waals surface area contributed by atoms with Gasteiger partial charge in [0.25, 0.3) is 0 Å². The van der Waals surface area contributed by atoms with Gasteiger partial charge in [0, 0.05) is 25.2 Å². The van der Waals surface area contributed by atoms with E-state index in [1.807, 2.05) is 7.05 Å². The summed E-state index contributed by atoms with van der Waals surface area (Å²) in [6, 6.07) is -0.302. The molecule has 16 heavy (non-hydrogen) atoms. The van der Waals surface area contributed by atoms with Crippen LogP contribution < -0.4 is 5.32 Å². The minimum absolute atomic E-state index is 0.0706. The van der Waals surface area contributed by atoms with Crippen molar-refractivity contribution in [1.82, 2.24) is 15.1 Å². The first-order valence-electron chi connectivity index (χ1n) is 5.29. The molecule has 0 spiro atoms. The maximum absolute atomic E-state index is 11.6. The lowest BCUT2D eigenvalue weighted by molar-refractivity contribution is -0.135. The predicted octanol–water partition coefficient (Wildman–Crippen LogP) is -0.193. The first-order valence-corrected chi connectivity index (χ1v) is 5.29. The molecule has 0 aromatic heterocycles. The van der Waals surface area contributed by atoms with Crippen molar-refractivity contribution in [1.29, 1.82) is 0 Å². The molecule has 0 atom stereocenters. The van der Waals surface area contributed by atoms with Crippen LogP contribution in [0.25, 0.3) is 0 Å². The highest BCUT2D eigenvalue weighted by Crippen LogP contribution is 2.18. The second-order valence-corrected chi connectivity index (χ2v) is 4.71. The third-order valence-corrected chi connectivity index (χ3v) is 2.99. The zero-order valence-electron chi connectivity index (χ0n) is 9.99. The van der Waals surface area contributed by atoms with Gasteiger partial charge in [0.05, 0.1) is 0 Å². The first kappa shape index (κ1) is 12.8. The van der Waals surface area contributed by atoms with Gasteiger partial charge in [-0.1, -0.05) is 0 Å². The molecule has 2 amide bonds. The summed E-state index contributed by atoms with van der Waals surface area (Å²) >= 11 is 0. The summed E-state index contributed by atoms with van der Waals surface area (Å²) in [5.41, 5.74) is -0.0706. The fraction of sp³-hybridized carbons (Fsp3) is 0.800. The van der Waals surface area contributed by atoms with Crippen molar-refractivity contribution in [3.63, 3.8) is 0 Å². The van der Waals surface area contributed by atoms with Crippen molar-refractivity contribution >= 4 is 12.0 Å². The standard InChI is InChI=1S/C10H19N3O3/c1-10(2)7-13(5-4-12(10)3)9(16)11-6-8(14)15/h4-7H2,1-3H3,(H,11,16)(H,14,15). The Labute approximate surface area is 95.2 Å². The third kappa shape index (κ3) is 3.10. The van der Waals surface area contributed by atoms with Crippen LogP contribution in [0.2, 0.25) is 0 Å². The van der Waals surface area contributed by atoms with Gasteiger partial charge in [0.15, 0.2) is 0 Å². The van der Waals surface area contributed by atoms with Crippen molar-refractivity contribution in [2.45, 2.75) is 19.4 Å². The summed E-state index contributed by atoms with van der Waals surface area (Å²) in [5.74, 6) is -1.03. The number of carbonyl (C=O) groups excluding carboxylic acids is 1. The van der Waals surface area contributed by atoms with Crippen molar-refractivity contribution < 1.29 is 14.7 Å². The number of carbonyl (C=O) groups is 2. The smallest absolute Gasteiger partial charge is 0.323 e. The topological polar surface area (TPSA) is 72.9 Å². The molecule has 0 aromatic rings. The highest BCUT2D eigenvalue weighted by Gasteiger charge is 2.33. The van der Waals surface area contributed by atoms with Crippen LogP contribution in [0.4, 0.5) is 4.79 Å². The van der Waals surface area contributed by atoms with E-state index in [1.165, 1.54) is 0 Å².